The summed E-state index contributed by atoms with van der Waals surface area (Å²) in [6.45, 7) is 1.72. The molecule has 1 saturated heterocycles. The topological polar surface area (TPSA) is 123 Å². The van der Waals surface area contributed by atoms with Crippen LogP contribution < -0.4 is 20.4 Å². The predicted molar refractivity (Wildman–Crippen MR) is 132 cm³/mol. The number of hydrazone groups is 1. The van der Waals surface area contributed by atoms with Crippen molar-refractivity contribution in [3.63, 3.8) is 0 Å². The van der Waals surface area contributed by atoms with Crippen molar-refractivity contribution in [1.82, 2.24) is 5.32 Å². The summed E-state index contributed by atoms with van der Waals surface area (Å²) in [6.07, 6.45) is 0.320. The Balaban J connectivity index is 1.44. The number of carbonyl (C=O) groups is 2. The smallest absolute Gasteiger partial charge is 0.505 e. The van der Waals surface area contributed by atoms with Crippen molar-refractivity contribution in [2.24, 2.45) is 5.10 Å². The van der Waals surface area contributed by atoms with E-state index in [0.717, 1.165) is 37.2 Å². The normalized spacial score (nSPS) is 16.9. The fourth-order valence-electron chi connectivity index (χ4n) is 4.57. The van der Waals surface area contributed by atoms with Crippen LogP contribution in [0.2, 0.25) is 0 Å². The van der Waals surface area contributed by atoms with Gasteiger partial charge in [-0.2, -0.15) is 5.10 Å². The van der Waals surface area contributed by atoms with Crippen LogP contribution in [0.4, 0.5) is 16.2 Å². The maximum absolute atomic E-state index is 13.4. The number of carbonyl (C=O) groups excluding carboxylic acids is 1. The maximum Gasteiger partial charge on any atom is 0.511 e. The second-order valence-corrected chi connectivity index (χ2v) is 8.34. The van der Waals surface area contributed by atoms with Gasteiger partial charge in [-0.3, -0.25) is 10.2 Å². The molecule has 0 unspecified atom stereocenters. The molecule has 4 N–H and O–H groups in total. The number of fused-ring (bicyclic) bond motifs is 1. The van der Waals surface area contributed by atoms with E-state index in [1.54, 1.807) is 30.3 Å². The number of hydrogen-bond donors (Lipinski definition) is 4. The van der Waals surface area contributed by atoms with Crippen molar-refractivity contribution >= 4 is 29.1 Å². The average molecular weight is 473 g/mol. The van der Waals surface area contributed by atoms with Gasteiger partial charge in [0, 0.05) is 17.2 Å². The number of nitrogens with zero attached hydrogens (tertiary/aromatic N) is 2. The number of para-hydroxylation sites is 2. The molecule has 0 spiro atoms. The molecule has 9 heteroatoms. The summed E-state index contributed by atoms with van der Waals surface area (Å²) in [4.78, 5) is 26.1. The fraction of sp³-hybridized carbons (Fsp3) is 0.192. The molecule has 0 aromatic heterocycles. The van der Waals surface area contributed by atoms with Crippen LogP contribution in [0.5, 0.6) is 11.5 Å². The minimum Gasteiger partial charge on any atom is -0.505 e. The molecule has 2 heterocycles. The van der Waals surface area contributed by atoms with Gasteiger partial charge in [-0.25, -0.2) is 4.79 Å². The molecule has 35 heavy (non-hydrogen) atoms. The van der Waals surface area contributed by atoms with Crippen molar-refractivity contribution in [3.05, 3.63) is 72.3 Å². The quantitative estimate of drug-likeness (QED) is 0.191. The van der Waals surface area contributed by atoms with Crippen LogP contribution in [0.15, 0.2) is 71.8 Å². The summed E-state index contributed by atoms with van der Waals surface area (Å²) in [5.74, 6) is -0.114. The van der Waals surface area contributed by atoms with Crippen LogP contribution in [0, 0.1) is 0 Å². The van der Waals surface area contributed by atoms with E-state index in [9.17, 15) is 14.7 Å². The molecule has 1 fully saturated rings. The van der Waals surface area contributed by atoms with Crippen molar-refractivity contribution in [1.29, 1.82) is 0 Å². The summed E-state index contributed by atoms with van der Waals surface area (Å²) in [5, 5.41) is 27.5. The van der Waals surface area contributed by atoms with Gasteiger partial charge in [0.25, 0.3) is 5.91 Å². The third kappa shape index (κ3) is 4.41. The van der Waals surface area contributed by atoms with Gasteiger partial charge in [0.05, 0.1) is 11.4 Å². The van der Waals surface area contributed by atoms with Crippen LogP contribution in [0.3, 0.4) is 0 Å². The number of anilines is 2. The summed E-state index contributed by atoms with van der Waals surface area (Å²) in [6, 6.07) is 19.2. The molecule has 2 aliphatic heterocycles. The van der Waals surface area contributed by atoms with Gasteiger partial charge in [0.2, 0.25) is 0 Å². The Morgan fingerprint density at radius 1 is 1.03 bits per heavy atom. The first kappa shape index (κ1) is 22.4. The lowest BCUT2D eigenvalue weighted by molar-refractivity contribution is -0.112. The zero-order chi connectivity index (χ0) is 24.4. The summed E-state index contributed by atoms with van der Waals surface area (Å²) in [7, 11) is 0. The van der Waals surface area contributed by atoms with Gasteiger partial charge in [-0.15, -0.1) is 0 Å². The van der Waals surface area contributed by atoms with Crippen molar-refractivity contribution in [2.75, 3.05) is 23.4 Å². The lowest BCUT2D eigenvalue weighted by atomic mass is 10.0. The highest BCUT2D eigenvalue weighted by atomic mass is 16.7. The average Bonchev–Trinajstić information content (AvgIpc) is 3.14. The predicted octanol–water partition coefficient (Wildman–Crippen LogP) is 4.03. The largest absolute Gasteiger partial charge is 0.511 e. The van der Waals surface area contributed by atoms with Gasteiger partial charge in [0.15, 0.2) is 5.71 Å². The monoisotopic (exact) mass is 472 g/mol. The van der Waals surface area contributed by atoms with Gasteiger partial charge >= 0.3 is 6.16 Å². The minimum absolute atomic E-state index is 0.0849. The third-order valence-corrected chi connectivity index (χ3v) is 6.19. The van der Waals surface area contributed by atoms with Crippen molar-refractivity contribution < 1.29 is 24.5 Å². The molecule has 0 saturated carbocycles. The molecule has 5 rings (SSSR count). The van der Waals surface area contributed by atoms with Gasteiger partial charge in [0.1, 0.15) is 11.5 Å². The Morgan fingerprint density at radius 2 is 1.77 bits per heavy atom. The van der Waals surface area contributed by atoms with E-state index in [4.69, 9.17) is 9.84 Å². The number of piperidine rings is 1. The van der Waals surface area contributed by atoms with E-state index < -0.39 is 6.16 Å². The molecule has 2 aliphatic rings. The number of nitrogens with one attached hydrogen (secondary N) is 2. The number of phenolic OH excluding ortho intramolecular Hbond substituents is 1. The standard InChI is InChI=1S/C26H24N4O5/c31-24-19(16-5-3-6-18(15-16)35-26(33)34)8-4-9-21(24)28-29-23-20-7-1-2-10-22(20)30(25(23)32)17-11-13-27-14-12-17/h1-10,15,17,27-28,31H,11-14H2,(H,33,34). The number of phenols is 1. The number of benzene rings is 3. The highest BCUT2D eigenvalue weighted by molar-refractivity contribution is 6.54. The number of ether oxygens (including phenoxy) is 1. The summed E-state index contributed by atoms with van der Waals surface area (Å²) < 4.78 is 4.72. The molecule has 0 aliphatic carbocycles. The van der Waals surface area contributed by atoms with E-state index >= 15 is 0 Å². The van der Waals surface area contributed by atoms with Crippen LogP contribution in [-0.2, 0) is 4.79 Å². The molecule has 3 aromatic carbocycles. The Bertz CT molecular complexity index is 1320. The lowest BCUT2D eigenvalue weighted by Gasteiger charge is -2.31. The molecular weight excluding hydrogens is 448 g/mol. The molecule has 9 nitrogen and oxygen atoms in total. The first-order chi connectivity index (χ1) is 17.0. The second kappa shape index (κ2) is 9.47. The van der Waals surface area contributed by atoms with Crippen LogP contribution in [0.1, 0.15) is 18.4 Å². The molecule has 0 atom stereocenters. The molecule has 0 radical (unpaired) electrons. The number of aromatic hydroxyl groups is 1. The zero-order valence-corrected chi connectivity index (χ0v) is 18.8. The third-order valence-electron chi connectivity index (χ3n) is 6.19. The van der Waals surface area contributed by atoms with Crippen LogP contribution in [-0.4, -0.2) is 47.1 Å². The number of carboxylic acid groups (broad SMARTS) is 1. The molecule has 178 valence electrons. The first-order valence-electron chi connectivity index (χ1n) is 11.3. The van der Waals surface area contributed by atoms with Crippen LogP contribution >= 0.6 is 0 Å². The summed E-state index contributed by atoms with van der Waals surface area (Å²) in [5.41, 5.74) is 6.08. The van der Waals surface area contributed by atoms with Gasteiger partial charge < -0.3 is 25.2 Å². The highest BCUT2D eigenvalue weighted by Gasteiger charge is 2.38. The minimum atomic E-state index is -1.42. The first-order valence-corrected chi connectivity index (χ1v) is 11.3. The van der Waals surface area contributed by atoms with E-state index in [2.05, 4.69) is 15.8 Å². The van der Waals surface area contributed by atoms with Crippen LogP contribution in [0.25, 0.3) is 11.1 Å². The van der Waals surface area contributed by atoms with Gasteiger partial charge in [-0.05, 0) is 55.8 Å². The van der Waals surface area contributed by atoms with E-state index in [0.29, 0.717) is 22.5 Å². The SMILES string of the molecule is O=C(O)Oc1cccc(-c2cccc(NN=C3C(=O)N(C4CCNCC4)c4ccccc43)c2O)c1. The van der Waals surface area contributed by atoms with Crippen molar-refractivity contribution in [2.45, 2.75) is 18.9 Å². The number of rotatable bonds is 5. The zero-order valence-electron chi connectivity index (χ0n) is 18.8. The Kier molecular flexibility index (Phi) is 6.07. The Labute approximate surface area is 201 Å². The molecule has 1 amide bonds. The molecular formula is C26H24N4O5. The number of hydrogen-bond acceptors (Lipinski definition) is 7. The summed E-state index contributed by atoms with van der Waals surface area (Å²) >= 11 is 0. The Hall–Kier alpha value is -4.37. The van der Waals surface area contributed by atoms with E-state index in [1.165, 1.54) is 12.1 Å². The lowest BCUT2D eigenvalue weighted by Crippen LogP contribution is -2.45. The van der Waals surface area contributed by atoms with E-state index in [1.807, 2.05) is 29.2 Å². The Morgan fingerprint density at radius 3 is 2.57 bits per heavy atom. The second-order valence-electron chi connectivity index (χ2n) is 8.34. The number of amides is 1. The molecule has 0 bridgehead atoms. The highest BCUT2D eigenvalue weighted by Crippen LogP contribution is 2.37. The fourth-order valence-corrected chi connectivity index (χ4v) is 4.57. The molecule has 3 aromatic rings. The van der Waals surface area contributed by atoms with Crippen molar-refractivity contribution in [3.8, 4) is 22.6 Å². The maximum atomic E-state index is 13.4. The van der Waals surface area contributed by atoms with Gasteiger partial charge in [-0.1, -0.05) is 42.5 Å². The van der Waals surface area contributed by atoms with E-state index in [-0.39, 0.29) is 23.4 Å².